The minimum atomic E-state index is 0.191. The number of fused-ring (bicyclic) bond motifs is 1. The van der Waals surface area contributed by atoms with Gasteiger partial charge in [0.2, 0.25) is 0 Å². The van der Waals surface area contributed by atoms with Crippen molar-refractivity contribution < 1.29 is 4.63 Å². The number of hydrogen-bond donors (Lipinski definition) is 1. The molecule has 1 aliphatic carbocycles. The lowest BCUT2D eigenvalue weighted by Gasteiger charge is -2.17. The van der Waals surface area contributed by atoms with E-state index < -0.39 is 0 Å². The summed E-state index contributed by atoms with van der Waals surface area (Å²) in [5.74, 6) is 0. The van der Waals surface area contributed by atoms with Gasteiger partial charge in [-0.15, -0.1) is 0 Å². The molecule has 0 fully saturated rings. The van der Waals surface area contributed by atoms with Crippen molar-refractivity contribution in [3.05, 3.63) is 34.9 Å². The first-order valence-corrected chi connectivity index (χ1v) is 5.96. The van der Waals surface area contributed by atoms with Crippen LogP contribution in [0, 0.1) is 6.92 Å². The predicted molar refractivity (Wildman–Crippen MR) is 62.4 cm³/mol. The fourth-order valence-corrected chi connectivity index (χ4v) is 2.44. The second kappa shape index (κ2) is 4.00. The smallest absolute Gasteiger partial charge is 0.127 e. The minimum Gasteiger partial charge on any atom is -0.348 e. The maximum Gasteiger partial charge on any atom is 0.127 e. The zero-order chi connectivity index (χ0) is 11.8. The summed E-state index contributed by atoms with van der Waals surface area (Å²) in [7, 11) is 0. The first kappa shape index (κ1) is 10.5. The van der Waals surface area contributed by atoms with Gasteiger partial charge in [0.1, 0.15) is 11.4 Å². The average molecular weight is 232 g/mol. The fraction of sp³-hybridized carbons (Fsp3) is 0.500. The van der Waals surface area contributed by atoms with Crippen LogP contribution in [0.25, 0.3) is 0 Å². The van der Waals surface area contributed by atoms with Gasteiger partial charge < -0.3 is 10.3 Å². The molecule has 2 N–H and O–H groups in total. The van der Waals surface area contributed by atoms with Crippen molar-refractivity contribution in [3.63, 3.8) is 0 Å². The summed E-state index contributed by atoms with van der Waals surface area (Å²) >= 11 is 0. The molecule has 1 unspecified atom stereocenters. The highest BCUT2D eigenvalue weighted by molar-refractivity contribution is 5.30. The molecular weight excluding hydrogens is 216 g/mol. The zero-order valence-corrected chi connectivity index (χ0v) is 9.89. The average Bonchev–Trinajstić information content (AvgIpc) is 2.87. The van der Waals surface area contributed by atoms with E-state index in [4.69, 9.17) is 10.4 Å². The van der Waals surface area contributed by atoms with Gasteiger partial charge in [0.05, 0.1) is 6.54 Å². The highest BCUT2D eigenvalue weighted by Gasteiger charge is 2.19. The van der Waals surface area contributed by atoms with Crippen molar-refractivity contribution >= 4 is 0 Å². The Morgan fingerprint density at radius 3 is 3.06 bits per heavy atom. The van der Waals surface area contributed by atoms with Crippen molar-refractivity contribution in [1.82, 2.24) is 14.9 Å². The summed E-state index contributed by atoms with van der Waals surface area (Å²) in [5, 5.41) is 7.68. The highest BCUT2D eigenvalue weighted by Crippen LogP contribution is 2.28. The summed E-state index contributed by atoms with van der Waals surface area (Å²) in [6, 6.07) is 0.191. The van der Waals surface area contributed by atoms with Crippen molar-refractivity contribution in [2.24, 2.45) is 5.73 Å². The molecule has 0 bridgehead atoms. The van der Waals surface area contributed by atoms with Gasteiger partial charge in [-0.2, -0.15) is 0 Å². The van der Waals surface area contributed by atoms with Crippen LogP contribution in [0.2, 0.25) is 0 Å². The third-order valence-corrected chi connectivity index (χ3v) is 3.44. The number of rotatable bonds is 2. The van der Waals surface area contributed by atoms with Crippen LogP contribution >= 0.6 is 0 Å². The minimum absolute atomic E-state index is 0.191. The van der Waals surface area contributed by atoms with Gasteiger partial charge in [0.25, 0.3) is 0 Å². The number of nitrogens with zero attached hydrogens (tertiary/aromatic N) is 3. The molecule has 0 spiro atoms. The molecule has 1 aliphatic rings. The van der Waals surface area contributed by atoms with Gasteiger partial charge in [-0.3, -0.25) is 0 Å². The lowest BCUT2D eigenvalue weighted by atomic mass is 9.92. The zero-order valence-electron chi connectivity index (χ0n) is 9.89. The molecule has 2 aromatic heterocycles. The second-order valence-corrected chi connectivity index (χ2v) is 4.71. The predicted octanol–water partition coefficient (Wildman–Crippen LogP) is 1.56. The van der Waals surface area contributed by atoms with Crippen LogP contribution in [0.5, 0.6) is 0 Å². The van der Waals surface area contributed by atoms with E-state index in [1.165, 1.54) is 17.5 Å². The molecule has 90 valence electrons. The molecule has 0 aliphatic heterocycles. The molecular formula is C12H16N4O. The fourth-order valence-electron chi connectivity index (χ4n) is 2.44. The van der Waals surface area contributed by atoms with Crippen molar-refractivity contribution in [1.29, 1.82) is 0 Å². The molecule has 1 atom stereocenters. The summed E-state index contributed by atoms with van der Waals surface area (Å²) in [5.41, 5.74) is 10.5. The van der Waals surface area contributed by atoms with E-state index in [1.54, 1.807) is 0 Å². The maximum atomic E-state index is 6.10. The Balaban J connectivity index is 1.88. The summed E-state index contributed by atoms with van der Waals surface area (Å²) in [6.45, 7) is 2.61. The first-order chi connectivity index (χ1) is 8.24. The van der Waals surface area contributed by atoms with Gasteiger partial charge in [0, 0.05) is 18.4 Å². The van der Waals surface area contributed by atoms with E-state index in [-0.39, 0.29) is 6.04 Å². The van der Waals surface area contributed by atoms with E-state index in [1.807, 2.05) is 6.92 Å². The molecule has 3 rings (SSSR count). The molecule has 0 radical (unpaired) electrons. The lowest BCUT2D eigenvalue weighted by molar-refractivity contribution is 0.300. The van der Waals surface area contributed by atoms with Crippen LogP contribution in [0.15, 0.2) is 17.0 Å². The Morgan fingerprint density at radius 2 is 2.35 bits per heavy atom. The van der Waals surface area contributed by atoms with Gasteiger partial charge in [-0.05, 0) is 37.3 Å². The highest BCUT2D eigenvalue weighted by atomic mass is 16.6. The Kier molecular flexibility index (Phi) is 2.48. The third kappa shape index (κ3) is 1.86. The van der Waals surface area contributed by atoms with Crippen molar-refractivity contribution in [3.8, 4) is 0 Å². The number of aryl methyl sites for hydroxylation is 2. The lowest BCUT2D eigenvalue weighted by Crippen LogP contribution is -2.15. The first-order valence-electron chi connectivity index (χ1n) is 5.96. The van der Waals surface area contributed by atoms with E-state index in [0.29, 0.717) is 6.54 Å². The molecule has 0 amide bonds. The molecule has 0 aromatic carbocycles. The molecule has 5 nitrogen and oxygen atoms in total. The second-order valence-electron chi connectivity index (χ2n) is 4.71. The normalized spacial score (nSPS) is 19.3. The van der Waals surface area contributed by atoms with Crippen LogP contribution in [0.1, 0.15) is 41.4 Å². The van der Waals surface area contributed by atoms with Crippen LogP contribution < -0.4 is 5.73 Å². The molecule has 2 heterocycles. The molecule has 0 saturated heterocycles. The van der Waals surface area contributed by atoms with E-state index in [2.05, 4.69) is 27.3 Å². The van der Waals surface area contributed by atoms with E-state index in [9.17, 15) is 0 Å². The number of hydrogen-bond acceptors (Lipinski definition) is 4. The van der Waals surface area contributed by atoms with Crippen LogP contribution in [0.4, 0.5) is 0 Å². The van der Waals surface area contributed by atoms with Crippen molar-refractivity contribution in [2.45, 2.75) is 38.8 Å². The van der Waals surface area contributed by atoms with Gasteiger partial charge >= 0.3 is 0 Å². The van der Waals surface area contributed by atoms with Crippen LogP contribution in [-0.4, -0.2) is 14.9 Å². The Labute approximate surface area is 99.6 Å². The third-order valence-electron chi connectivity index (χ3n) is 3.44. The molecule has 0 saturated carbocycles. The quantitative estimate of drug-likeness (QED) is 0.853. The standard InChI is InChI=1S/C12H16N4O/c1-8-12(15-17-14-8)7-16-5-9-3-2-4-11(13)10(9)6-16/h5-6,11H,2-4,7,13H2,1H3. The van der Waals surface area contributed by atoms with Gasteiger partial charge in [0.15, 0.2) is 0 Å². The van der Waals surface area contributed by atoms with E-state index in [0.717, 1.165) is 24.2 Å². The SMILES string of the molecule is Cc1nonc1Cn1cc2c(c1)C(N)CCC2. The Morgan fingerprint density at radius 1 is 1.47 bits per heavy atom. The van der Waals surface area contributed by atoms with Gasteiger partial charge in [-0.1, -0.05) is 10.3 Å². The summed E-state index contributed by atoms with van der Waals surface area (Å²) in [4.78, 5) is 0. The monoisotopic (exact) mass is 232 g/mol. The van der Waals surface area contributed by atoms with Gasteiger partial charge in [-0.25, -0.2) is 4.63 Å². The van der Waals surface area contributed by atoms with Crippen LogP contribution in [0.3, 0.4) is 0 Å². The number of nitrogens with two attached hydrogens (primary N) is 1. The maximum absolute atomic E-state index is 6.10. The molecule has 2 aromatic rings. The largest absolute Gasteiger partial charge is 0.348 e. The van der Waals surface area contributed by atoms with E-state index >= 15 is 0 Å². The summed E-state index contributed by atoms with van der Waals surface area (Å²) in [6.07, 6.45) is 7.70. The number of aromatic nitrogens is 3. The molecule has 17 heavy (non-hydrogen) atoms. The Hall–Kier alpha value is -1.62. The molecule has 5 heteroatoms. The Bertz CT molecular complexity index is 528. The van der Waals surface area contributed by atoms with Crippen molar-refractivity contribution in [2.75, 3.05) is 0 Å². The van der Waals surface area contributed by atoms with Crippen LogP contribution in [-0.2, 0) is 13.0 Å². The topological polar surface area (TPSA) is 69.9 Å². The summed E-state index contributed by atoms with van der Waals surface area (Å²) < 4.78 is 6.83.